The number of piperidine rings is 1. The van der Waals surface area contributed by atoms with Gasteiger partial charge >= 0.3 is 12.4 Å². The number of rotatable bonds is 4. The highest BCUT2D eigenvalue weighted by Crippen LogP contribution is 2.34. The first-order valence-electron chi connectivity index (χ1n) is 8.39. The van der Waals surface area contributed by atoms with E-state index in [2.05, 4.69) is 15.1 Å². The van der Waals surface area contributed by atoms with Gasteiger partial charge in [0.15, 0.2) is 5.60 Å². The van der Waals surface area contributed by atoms with Crippen LogP contribution in [0.25, 0.3) is 0 Å². The van der Waals surface area contributed by atoms with Crippen molar-refractivity contribution in [2.24, 2.45) is 5.16 Å². The first kappa shape index (κ1) is 20.4. The predicted octanol–water partition coefficient (Wildman–Crippen LogP) is 2.22. The molecule has 7 nitrogen and oxygen atoms in total. The third-order valence-electron chi connectivity index (χ3n) is 4.48. The number of hydrogen-bond acceptors (Lipinski definition) is 5. The van der Waals surface area contributed by atoms with Crippen molar-refractivity contribution < 1.29 is 36.0 Å². The molecule has 2 aliphatic heterocycles. The van der Waals surface area contributed by atoms with Crippen LogP contribution in [0.1, 0.15) is 30.8 Å². The molecule has 1 aromatic rings. The normalized spacial score (nSPS) is 23.6. The topological polar surface area (TPSA) is 82.6 Å². The van der Waals surface area contributed by atoms with E-state index in [1.165, 1.54) is 0 Å². The molecule has 0 bridgehead atoms. The van der Waals surface area contributed by atoms with Gasteiger partial charge < -0.3 is 15.1 Å². The van der Waals surface area contributed by atoms with Gasteiger partial charge in [0, 0.05) is 13.0 Å². The van der Waals surface area contributed by atoms with Crippen LogP contribution < -0.4 is 5.32 Å². The maximum atomic E-state index is 12.6. The Kier molecular flexibility index (Phi) is 5.30. The molecule has 2 aliphatic rings. The number of halogens is 6. The van der Waals surface area contributed by atoms with E-state index in [-0.39, 0.29) is 31.0 Å². The van der Waals surface area contributed by atoms with Crippen LogP contribution >= 0.6 is 0 Å². The lowest BCUT2D eigenvalue weighted by molar-refractivity contribution is -0.141. The Morgan fingerprint density at radius 3 is 2.71 bits per heavy atom. The molecule has 2 N–H and O–H groups in total. The second kappa shape index (κ2) is 7.26. The van der Waals surface area contributed by atoms with Crippen LogP contribution in [0.3, 0.4) is 0 Å². The van der Waals surface area contributed by atoms with Gasteiger partial charge in [-0.05, 0) is 19.4 Å². The molecule has 156 valence electrons. The summed E-state index contributed by atoms with van der Waals surface area (Å²) in [6.07, 6.45) is -7.16. The lowest BCUT2D eigenvalue weighted by Gasteiger charge is -2.37. The van der Waals surface area contributed by atoms with E-state index >= 15 is 0 Å². The number of carbonyl (C=O) groups is 1. The maximum Gasteiger partial charge on any atom is 0.432 e. The molecule has 1 atom stereocenters. The first-order valence-corrected chi connectivity index (χ1v) is 8.39. The van der Waals surface area contributed by atoms with E-state index in [0.717, 1.165) is 0 Å². The Morgan fingerprint density at radius 1 is 1.32 bits per heavy atom. The summed E-state index contributed by atoms with van der Waals surface area (Å²) in [6.45, 7) is -0.530. The number of carbonyl (C=O) groups excluding carboxylic acids is 1. The smallest absolute Gasteiger partial charge is 0.387 e. The zero-order chi connectivity index (χ0) is 20.6. The average Bonchev–Trinajstić information content (AvgIpc) is 3.20. The van der Waals surface area contributed by atoms with Crippen molar-refractivity contribution in [1.29, 1.82) is 0 Å². The van der Waals surface area contributed by atoms with Crippen molar-refractivity contribution in [3.8, 4) is 0 Å². The van der Waals surface area contributed by atoms with Gasteiger partial charge in [0.05, 0.1) is 12.7 Å². The molecule has 0 aromatic carbocycles. The second-order valence-electron chi connectivity index (χ2n) is 6.84. The standard InChI is InChI=1S/C15H17F6N5O2/c16-14(17,18)7-23-12(27)9-4-13(28-25-9)2-1-3-26(8-13)6-11-22-5-10(24-11)15(19,20)21/h5H,1-4,6-8H2,(H,22,24)(H,23,27)/t13-/m1/s1. The third-order valence-corrected chi connectivity index (χ3v) is 4.48. The summed E-state index contributed by atoms with van der Waals surface area (Å²) in [5, 5.41) is 5.37. The monoisotopic (exact) mass is 413 g/mol. The SMILES string of the molecule is O=C(NCC(F)(F)F)C1=NO[C@]2(CCCN(Cc3ncc(C(F)(F)F)[nH]3)C2)C1. The van der Waals surface area contributed by atoms with Crippen LogP contribution in [-0.2, 0) is 22.4 Å². The minimum atomic E-state index is -4.53. The Bertz CT molecular complexity index is 759. The number of oxime groups is 1. The molecule has 1 aromatic heterocycles. The summed E-state index contributed by atoms with van der Waals surface area (Å²) < 4.78 is 74.6. The number of likely N-dealkylation sites (tertiary alicyclic amines) is 1. The minimum absolute atomic E-state index is 0.0269. The van der Waals surface area contributed by atoms with E-state index in [1.54, 1.807) is 10.2 Å². The number of hydrogen-bond donors (Lipinski definition) is 2. The molecule has 1 spiro atoms. The van der Waals surface area contributed by atoms with Crippen molar-refractivity contribution in [3.05, 3.63) is 17.7 Å². The van der Waals surface area contributed by atoms with Crippen molar-refractivity contribution in [1.82, 2.24) is 20.2 Å². The maximum absolute atomic E-state index is 12.6. The van der Waals surface area contributed by atoms with E-state index in [1.807, 2.05) is 0 Å². The Labute approximate surface area is 155 Å². The zero-order valence-electron chi connectivity index (χ0n) is 14.5. The Hall–Kier alpha value is -2.31. The summed E-state index contributed by atoms with van der Waals surface area (Å²) in [4.78, 5) is 24.9. The molecule has 0 radical (unpaired) electrons. The number of amides is 1. The number of nitrogens with one attached hydrogen (secondary N) is 2. The van der Waals surface area contributed by atoms with Crippen molar-refractivity contribution >= 4 is 11.6 Å². The fraction of sp³-hybridized carbons (Fsp3) is 0.667. The van der Waals surface area contributed by atoms with E-state index in [0.29, 0.717) is 25.6 Å². The molecule has 28 heavy (non-hydrogen) atoms. The summed E-state index contributed by atoms with van der Waals surface area (Å²) in [5.74, 6) is -0.821. The molecular weight excluding hydrogens is 396 g/mol. The molecule has 0 unspecified atom stereocenters. The summed E-state index contributed by atoms with van der Waals surface area (Å²) in [7, 11) is 0. The summed E-state index contributed by atoms with van der Waals surface area (Å²) >= 11 is 0. The van der Waals surface area contributed by atoms with Crippen LogP contribution in [0.2, 0.25) is 0 Å². The lowest BCUT2D eigenvalue weighted by atomic mass is 9.88. The van der Waals surface area contributed by atoms with Gasteiger partial charge in [-0.1, -0.05) is 5.16 Å². The van der Waals surface area contributed by atoms with Gasteiger partial charge in [0.25, 0.3) is 5.91 Å². The van der Waals surface area contributed by atoms with E-state index < -0.39 is 36.1 Å². The largest absolute Gasteiger partial charge is 0.432 e. The van der Waals surface area contributed by atoms with Gasteiger partial charge in [-0.15, -0.1) is 0 Å². The molecule has 3 heterocycles. The molecule has 0 saturated carbocycles. The second-order valence-corrected chi connectivity index (χ2v) is 6.84. The highest BCUT2D eigenvalue weighted by Gasteiger charge is 2.45. The number of H-pyrrole nitrogens is 1. The summed E-state index contributed by atoms with van der Waals surface area (Å²) in [5.41, 5.74) is -1.97. The highest BCUT2D eigenvalue weighted by atomic mass is 19.4. The van der Waals surface area contributed by atoms with Gasteiger partial charge in [-0.3, -0.25) is 9.69 Å². The van der Waals surface area contributed by atoms with Crippen LogP contribution in [0, 0.1) is 0 Å². The van der Waals surface area contributed by atoms with E-state index in [4.69, 9.17) is 4.84 Å². The average molecular weight is 413 g/mol. The number of imidazole rings is 1. The fourth-order valence-electron chi connectivity index (χ4n) is 3.27. The van der Waals surface area contributed by atoms with E-state index in [9.17, 15) is 31.1 Å². The Morgan fingerprint density at radius 2 is 2.07 bits per heavy atom. The van der Waals surface area contributed by atoms with Crippen molar-refractivity contribution in [3.63, 3.8) is 0 Å². The van der Waals surface area contributed by atoms with Gasteiger partial charge in [-0.2, -0.15) is 26.3 Å². The molecule has 1 fully saturated rings. The Balaban J connectivity index is 1.57. The van der Waals surface area contributed by atoms with Crippen LogP contribution in [-0.4, -0.2) is 57.9 Å². The van der Waals surface area contributed by atoms with Crippen LogP contribution in [0.5, 0.6) is 0 Å². The molecule has 1 saturated heterocycles. The van der Waals surface area contributed by atoms with Gasteiger partial charge in [0.2, 0.25) is 0 Å². The van der Waals surface area contributed by atoms with Gasteiger partial charge in [-0.25, -0.2) is 4.98 Å². The van der Waals surface area contributed by atoms with Crippen molar-refractivity contribution in [2.75, 3.05) is 19.6 Å². The number of alkyl halides is 6. The fourth-order valence-corrected chi connectivity index (χ4v) is 3.27. The molecule has 13 heteroatoms. The predicted molar refractivity (Wildman–Crippen MR) is 83.0 cm³/mol. The van der Waals surface area contributed by atoms with Crippen molar-refractivity contribution in [2.45, 2.75) is 43.8 Å². The van der Waals surface area contributed by atoms with Gasteiger partial charge in [0.1, 0.15) is 23.8 Å². The molecular formula is C15H17F6N5O2. The van der Waals surface area contributed by atoms with Crippen LogP contribution in [0.4, 0.5) is 26.3 Å². The third kappa shape index (κ3) is 4.94. The lowest BCUT2D eigenvalue weighted by Crippen LogP contribution is -2.49. The first-order chi connectivity index (χ1) is 13.0. The quantitative estimate of drug-likeness (QED) is 0.742. The molecule has 3 rings (SSSR count). The number of nitrogens with zero attached hydrogens (tertiary/aromatic N) is 3. The number of aromatic amines is 1. The number of aromatic nitrogens is 2. The molecule has 0 aliphatic carbocycles. The highest BCUT2D eigenvalue weighted by molar-refractivity contribution is 6.39. The summed E-state index contributed by atoms with van der Waals surface area (Å²) in [6, 6.07) is 0. The minimum Gasteiger partial charge on any atom is -0.387 e. The zero-order valence-corrected chi connectivity index (χ0v) is 14.5. The van der Waals surface area contributed by atoms with Crippen LogP contribution in [0.15, 0.2) is 11.4 Å². The molecule has 1 amide bonds.